The van der Waals surface area contributed by atoms with E-state index in [2.05, 4.69) is 0 Å². The third kappa shape index (κ3) is 5.45. The van der Waals surface area contributed by atoms with Crippen molar-refractivity contribution in [2.45, 2.75) is 28.9 Å². The number of carbonyl (C=O) groups excluding carboxylic acids is 2. The first kappa shape index (κ1) is 26.2. The maximum atomic E-state index is 13.3. The summed E-state index contributed by atoms with van der Waals surface area (Å²) in [6.07, 6.45) is -0.0311. The first-order valence-electron chi connectivity index (χ1n) is 10.9. The van der Waals surface area contributed by atoms with Gasteiger partial charge >= 0.3 is 0 Å². The SMILES string of the molecule is COc1ccc(C(=O)C(C#N)CCOc2ccc(S(=O)(=O)C3(C(=O)NO)CCOCC3)cc2)cc1. The topological polar surface area (TPSA) is 152 Å². The molecular weight excluding hydrogens is 476 g/mol. The fourth-order valence-corrected chi connectivity index (χ4v) is 5.81. The summed E-state index contributed by atoms with van der Waals surface area (Å²) in [4.78, 5) is 24.8. The molecule has 1 aliphatic heterocycles. The van der Waals surface area contributed by atoms with Crippen LogP contribution in [0.4, 0.5) is 0 Å². The predicted molar refractivity (Wildman–Crippen MR) is 123 cm³/mol. The Balaban J connectivity index is 1.65. The minimum absolute atomic E-state index is 0.0560. The lowest BCUT2D eigenvalue weighted by Gasteiger charge is -2.34. The molecule has 0 bridgehead atoms. The maximum Gasteiger partial charge on any atom is 0.265 e. The molecule has 10 nitrogen and oxygen atoms in total. The molecule has 0 spiro atoms. The van der Waals surface area contributed by atoms with E-state index in [1.165, 1.54) is 36.9 Å². The standard InChI is InChI=1S/C24H26N2O8S/c1-32-19-4-2-17(3-5-19)22(27)18(16-25)10-13-34-20-6-8-21(9-7-20)35(30,31)24(23(28)26-29)11-14-33-15-12-24/h2-9,18,29H,10-15H2,1H3,(H,26,28). The molecule has 1 unspecified atom stereocenters. The van der Waals surface area contributed by atoms with Gasteiger partial charge in [0.1, 0.15) is 17.4 Å². The highest BCUT2D eigenvalue weighted by Gasteiger charge is 2.52. The normalized spacial score (nSPS) is 15.9. The van der Waals surface area contributed by atoms with Gasteiger partial charge in [-0.15, -0.1) is 0 Å². The van der Waals surface area contributed by atoms with Gasteiger partial charge in [-0.2, -0.15) is 5.26 Å². The van der Waals surface area contributed by atoms with Gasteiger partial charge in [-0.3, -0.25) is 14.8 Å². The summed E-state index contributed by atoms with van der Waals surface area (Å²) in [5, 5.41) is 18.5. The summed E-state index contributed by atoms with van der Waals surface area (Å²) in [5.41, 5.74) is 1.86. The zero-order valence-corrected chi connectivity index (χ0v) is 19.9. The van der Waals surface area contributed by atoms with E-state index < -0.39 is 26.4 Å². The summed E-state index contributed by atoms with van der Waals surface area (Å²) < 4.78 is 40.6. The number of nitrogens with zero attached hydrogens (tertiary/aromatic N) is 1. The van der Waals surface area contributed by atoms with Gasteiger partial charge in [0, 0.05) is 25.2 Å². The Hall–Kier alpha value is -3.46. The number of benzene rings is 2. The first-order valence-corrected chi connectivity index (χ1v) is 12.3. The zero-order valence-electron chi connectivity index (χ0n) is 19.1. The smallest absolute Gasteiger partial charge is 0.265 e. The molecule has 1 fully saturated rings. The number of hydrogen-bond acceptors (Lipinski definition) is 9. The number of amides is 1. The van der Waals surface area contributed by atoms with Gasteiger partial charge in [0.25, 0.3) is 5.91 Å². The van der Waals surface area contributed by atoms with Crippen LogP contribution in [0.15, 0.2) is 53.4 Å². The van der Waals surface area contributed by atoms with E-state index in [0.29, 0.717) is 17.1 Å². The van der Waals surface area contributed by atoms with Crippen LogP contribution in [0.5, 0.6) is 11.5 Å². The lowest BCUT2D eigenvalue weighted by Crippen LogP contribution is -2.54. The molecule has 1 atom stereocenters. The molecule has 0 saturated carbocycles. The second kappa shape index (κ2) is 11.3. The summed E-state index contributed by atoms with van der Waals surface area (Å²) in [6.45, 7) is 0.201. The number of methoxy groups -OCH3 is 1. The molecule has 0 aliphatic carbocycles. The Labute approximate surface area is 203 Å². The largest absolute Gasteiger partial charge is 0.497 e. The van der Waals surface area contributed by atoms with E-state index in [1.807, 2.05) is 6.07 Å². The van der Waals surface area contributed by atoms with Crippen LogP contribution in [-0.4, -0.2) is 57.0 Å². The van der Waals surface area contributed by atoms with Crippen LogP contribution >= 0.6 is 0 Å². The average molecular weight is 503 g/mol. The van der Waals surface area contributed by atoms with Crippen molar-refractivity contribution in [2.24, 2.45) is 5.92 Å². The van der Waals surface area contributed by atoms with Crippen LogP contribution in [0.25, 0.3) is 0 Å². The number of hydrogen-bond donors (Lipinski definition) is 2. The Kier molecular flexibility index (Phi) is 8.45. The summed E-state index contributed by atoms with van der Waals surface area (Å²) in [7, 11) is -2.62. The monoisotopic (exact) mass is 502 g/mol. The van der Waals surface area contributed by atoms with E-state index >= 15 is 0 Å². The van der Waals surface area contributed by atoms with Crippen LogP contribution in [0.2, 0.25) is 0 Å². The van der Waals surface area contributed by atoms with Crippen molar-refractivity contribution < 1.29 is 37.4 Å². The Morgan fingerprint density at radius 1 is 1.11 bits per heavy atom. The second-order valence-corrected chi connectivity index (χ2v) is 10.2. The van der Waals surface area contributed by atoms with Crippen LogP contribution < -0.4 is 15.0 Å². The van der Waals surface area contributed by atoms with E-state index in [-0.39, 0.29) is 49.8 Å². The molecule has 1 aliphatic rings. The van der Waals surface area contributed by atoms with E-state index in [0.717, 1.165) is 0 Å². The number of nitrogens with one attached hydrogen (secondary N) is 1. The molecule has 0 aromatic heterocycles. The van der Waals surface area contributed by atoms with E-state index in [4.69, 9.17) is 19.4 Å². The number of hydroxylamine groups is 1. The number of Topliss-reactive ketones (excluding diaryl/α,β-unsaturated/α-hetero) is 1. The van der Waals surface area contributed by atoms with E-state index in [1.54, 1.807) is 24.3 Å². The molecule has 2 aromatic carbocycles. The molecule has 2 N–H and O–H groups in total. The van der Waals surface area contributed by atoms with Crippen LogP contribution in [0.3, 0.4) is 0 Å². The van der Waals surface area contributed by atoms with E-state index in [9.17, 15) is 23.3 Å². The summed E-state index contributed by atoms with van der Waals surface area (Å²) >= 11 is 0. The molecule has 1 saturated heterocycles. The number of carbonyl (C=O) groups is 2. The zero-order chi connectivity index (χ0) is 25.5. The molecule has 1 heterocycles. The molecule has 3 rings (SSSR count). The molecule has 0 radical (unpaired) electrons. The number of rotatable bonds is 10. The highest BCUT2D eigenvalue weighted by atomic mass is 32.2. The quantitative estimate of drug-likeness (QED) is 0.283. The van der Waals surface area contributed by atoms with Crippen molar-refractivity contribution in [3.05, 3.63) is 54.1 Å². The van der Waals surface area contributed by atoms with Crippen molar-refractivity contribution in [2.75, 3.05) is 26.9 Å². The van der Waals surface area contributed by atoms with Gasteiger partial charge < -0.3 is 14.2 Å². The van der Waals surface area contributed by atoms with Gasteiger partial charge in [-0.1, -0.05) is 0 Å². The summed E-state index contributed by atoms with van der Waals surface area (Å²) in [6, 6.07) is 14.0. The number of sulfone groups is 1. The molecule has 11 heteroatoms. The Morgan fingerprint density at radius 2 is 1.71 bits per heavy atom. The number of ether oxygens (including phenoxy) is 3. The minimum Gasteiger partial charge on any atom is -0.497 e. The lowest BCUT2D eigenvalue weighted by atomic mass is 9.96. The maximum absolute atomic E-state index is 13.3. The third-order valence-electron chi connectivity index (χ3n) is 5.99. The van der Waals surface area contributed by atoms with Crippen molar-refractivity contribution >= 4 is 21.5 Å². The summed E-state index contributed by atoms with van der Waals surface area (Å²) in [5.74, 6) is -1.29. The molecule has 35 heavy (non-hydrogen) atoms. The highest BCUT2D eigenvalue weighted by molar-refractivity contribution is 7.93. The van der Waals surface area contributed by atoms with Crippen molar-refractivity contribution in [3.8, 4) is 17.6 Å². The third-order valence-corrected chi connectivity index (χ3v) is 8.50. The second-order valence-electron chi connectivity index (χ2n) is 7.93. The van der Waals surface area contributed by atoms with Gasteiger partial charge in [0.05, 0.1) is 24.7 Å². The van der Waals surface area contributed by atoms with Crippen LogP contribution in [0, 0.1) is 17.2 Å². The highest BCUT2D eigenvalue weighted by Crippen LogP contribution is 2.35. The van der Waals surface area contributed by atoms with Gasteiger partial charge in [-0.25, -0.2) is 13.9 Å². The fraction of sp³-hybridized carbons (Fsp3) is 0.375. The average Bonchev–Trinajstić information content (AvgIpc) is 2.91. The molecule has 1 amide bonds. The Bertz CT molecular complexity index is 1180. The van der Waals surface area contributed by atoms with Gasteiger partial charge in [0.15, 0.2) is 20.4 Å². The number of ketones is 1. The Morgan fingerprint density at radius 3 is 2.26 bits per heavy atom. The predicted octanol–water partition coefficient (Wildman–Crippen LogP) is 2.32. The van der Waals surface area contributed by atoms with Crippen LogP contribution in [0.1, 0.15) is 29.6 Å². The van der Waals surface area contributed by atoms with Crippen LogP contribution in [-0.2, 0) is 19.4 Å². The molecule has 2 aromatic rings. The molecule has 186 valence electrons. The lowest BCUT2D eigenvalue weighted by molar-refractivity contribution is -0.134. The van der Waals surface area contributed by atoms with Crippen molar-refractivity contribution in [1.29, 1.82) is 5.26 Å². The number of nitriles is 1. The first-order chi connectivity index (χ1) is 16.8. The fourth-order valence-electron chi connectivity index (χ4n) is 3.87. The van der Waals surface area contributed by atoms with Gasteiger partial charge in [0.2, 0.25) is 0 Å². The van der Waals surface area contributed by atoms with Crippen molar-refractivity contribution in [1.82, 2.24) is 5.48 Å². The van der Waals surface area contributed by atoms with Crippen molar-refractivity contribution in [3.63, 3.8) is 0 Å². The minimum atomic E-state index is -4.14. The molecular formula is C24H26N2O8S. The van der Waals surface area contributed by atoms with Gasteiger partial charge in [-0.05, 0) is 61.4 Å².